The molecule has 1 aromatic carbocycles. The second kappa shape index (κ2) is 5.97. The van der Waals surface area contributed by atoms with Crippen molar-refractivity contribution in [3.05, 3.63) is 30.3 Å². The van der Waals surface area contributed by atoms with Gasteiger partial charge in [0.25, 0.3) is 0 Å². The second-order valence-electron chi connectivity index (χ2n) is 2.16. The smallest absolute Gasteiger partial charge is 0.229 e. The van der Waals surface area contributed by atoms with Gasteiger partial charge in [0, 0.05) is 4.57 Å². The first-order valence-electron chi connectivity index (χ1n) is 3.65. The highest BCUT2D eigenvalue weighted by molar-refractivity contribution is 7.98. The van der Waals surface area contributed by atoms with Crippen LogP contribution in [0, 0.1) is 0 Å². The molecular formula is C8H10O3PS+. The molecule has 0 spiro atoms. The molecule has 0 saturated heterocycles. The summed E-state index contributed by atoms with van der Waals surface area (Å²) in [6, 6.07) is 8.95. The third-order valence-corrected chi connectivity index (χ3v) is 2.43. The highest BCUT2D eigenvalue weighted by Crippen LogP contribution is 2.28. The molecule has 0 fully saturated rings. The van der Waals surface area contributed by atoms with Gasteiger partial charge in [-0.3, -0.25) is 0 Å². The summed E-state index contributed by atoms with van der Waals surface area (Å²) in [6.45, 7) is 0. The van der Waals surface area contributed by atoms with Crippen molar-refractivity contribution in [2.24, 2.45) is 0 Å². The van der Waals surface area contributed by atoms with Crippen LogP contribution in [0.15, 0.2) is 30.3 Å². The van der Waals surface area contributed by atoms with E-state index in [2.05, 4.69) is 0 Å². The van der Waals surface area contributed by atoms with Crippen molar-refractivity contribution in [1.29, 1.82) is 0 Å². The first-order chi connectivity index (χ1) is 6.33. The maximum absolute atomic E-state index is 11.1. The Kier molecular flexibility index (Phi) is 4.83. The third-order valence-electron chi connectivity index (χ3n) is 1.20. The van der Waals surface area contributed by atoms with E-state index < -0.39 is 8.25 Å². The van der Waals surface area contributed by atoms with Crippen LogP contribution < -0.4 is 4.52 Å². The molecule has 0 saturated carbocycles. The van der Waals surface area contributed by atoms with Gasteiger partial charge >= 0.3 is 8.25 Å². The van der Waals surface area contributed by atoms with Crippen LogP contribution in [-0.2, 0) is 9.09 Å². The van der Waals surface area contributed by atoms with Gasteiger partial charge in [0.05, 0.1) is 0 Å². The molecule has 13 heavy (non-hydrogen) atoms. The number of hydrogen-bond acceptors (Lipinski definition) is 4. The summed E-state index contributed by atoms with van der Waals surface area (Å²) in [4.78, 5) is 0. The van der Waals surface area contributed by atoms with Crippen LogP contribution in [0.4, 0.5) is 0 Å². The fourth-order valence-electron chi connectivity index (χ4n) is 0.690. The van der Waals surface area contributed by atoms with Crippen molar-refractivity contribution in [2.45, 2.75) is 0 Å². The van der Waals surface area contributed by atoms with Gasteiger partial charge in [0.2, 0.25) is 0 Å². The maximum atomic E-state index is 11.1. The average Bonchev–Trinajstić information content (AvgIpc) is 2.16. The van der Waals surface area contributed by atoms with Gasteiger partial charge in [-0.25, -0.2) is 4.52 Å². The van der Waals surface area contributed by atoms with E-state index in [9.17, 15) is 4.57 Å². The zero-order chi connectivity index (χ0) is 9.52. The van der Waals surface area contributed by atoms with Crippen LogP contribution in [-0.4, -0.2) is 12.2 Å². The molecule has 5 heteroatoms. The monoisotopic (exact) mass is 217 g/mol. The molecule has 0 radical (unpaired) electrons. The predicted octanol–water partition coefficient (Wildman–Crippen LogP) is 3.06. The quantitative estimate of drug-likeness (QED) is 0.561. The fraction of sp³-hybridized carbons (Fsp3) is 0.250. The standard InChI is InChI=1S/C8H10O3PS/c1-13-7-10-12(9)11-8-5-3-2-4-6-8/h2-6H,7H2,1H3/q+1. The van der Waals surface area contributed by atoms with E-state index in [1.165, 1.54) is 11.8 Å². The van der Waals surface area contributed by atoms with Crippen molar-refractivity contribution >= 4 is 20.0 Å². The lowest BCUT2D eigenvalue weighted by molar-refractivity contribution is 0.336. The molecule has 0 amide bonds. The first kappa shape index (κ1) is 10.5. The summed E-state index contributed by atoms with van der Waals surface area (Å²) in [7, 11) is -2.03. The summed E-state index contributed by atoms with van der Waals surface area (Å²) in [5.41, 5.74) is 0. The number of rotatable bonds is 5. The Morgan fingerprint density at radius 3 is 2.69 bits per heavy atom. The van der Waals surface area contributed by atoms with Gasteiger partial charge in [0.1, 0.15) is 0 Å². The summed E-state index contributed by atoms with van der Waals surface area (Å²) >= 11 is 1.45. The van der Waals surface area contributed by atoms with Gasteiger partial charge in [-0.1, -0.05) is 18.2 Å². The third kappa shape index (κ3) is 4.27. The van der Waals surface area contributed by atoms with Gasteiger partial charge in [-0.15, -0.1) is 16.3 Å². The Hall–Kier alpha value is -0.570. The molecule has 3 nitrogen and oxygen atoms in total. The summed E-state index contributed by atoms with van der Waals surface area (Å²) in [5, 5.41) is 0. The largest absolute Gasteiger partial charge is 0.751 e. The van der Waals surface area contributed by atoms with E-state index in [1.807, 2.05) is 24.5 Å². The molecule has 0 N–H and O–H groups in total. The minimum atomic E-state index is -2.03. The van der Waals surface area contributed by atoms with Crippen molar-refractivity contribution in [3.8, 4) is 5.75 Å². The molecule has 70 valence electrons. The molecule has 0 bridgehead atoms. The highest BCUT2D eigenvalue weighted by Gasteiger charge is 2.20. The average molecular weight is 217 g/mol. The molecule has 0 aromatic heterocycles. The van der Waals surface area contributed by atoms with Gasteiger partial charge in [-0.05, 0) is 18.4 Å². The van der Waals surface area contributed by atoms with Crippen molar-refractivity contribution in [1.82, 2.24) is 0 Å². The second-order valence-corrected chi connectivity index (χ2v) is 3.86. The summed E-state index contributed by atoms with van der Waals surface area (Å²) < 4.78 is 20.9. The Labute approximate surface area is 82.4 Å². The van der Waals surface area contributed by atoms with Crippen LogP contribution in [0.3, 0.4) is 0 Å². The Morgan fingerprint density at radius 2 is 2.08 bits per heavy atom. The van der Waals surface area contributed by atoms with Crippen LogP contribution in [0.2, 0.25) is 0 Å². The SMILES string of the molecule is CSCO[P+](=O)Oc1ccccc1. The molecule has 1 aromatic rings. The lowest BCUT2D eigenvalue weighted by Crippen LogP contribution is -1.85. The van der Waals surface area contributed by atoms with E-state index >= 15 is 0 Å². The predicted molar refractivity (Wildman–Crippen MR) is 54.1 cm³/mol. The lowest BCUT2D eigenvalue weighted by atomic mass is 10.3. The zero-order valence-corrected chi connectivity index (χ0v) is 8.88. The van der Waals surface area contributed by atoms with Crippen molar-refractivity contribution in [3.63, 3.8) is 0 Å². The minimum absolute atomic E-state index is 0.377. The normalized spacial score (nSPS) is 11.0. The van der Waals surface area contributed by atoms with Crippen LogP contribution in [0.5, 0.6) is 5.75 Å². The van der Waals surface area contributed by atoms with Crippen molar-refractivity contribution in [2.75, 3.05) is 12.2 Å². The molecule has 0 aliphatic rings. The first-order valence-corrected chi connectivity index (χ1v) is 6.14. The molecule has 0 heterocycles. The van der Waals surface area contributed by atoms with Crippen LogP contribution in [0.25, 0.3) is 0 Å². The van der Waals surface area contributed by atoms with Gasteiger partial charge in [0.15, 0.2) is 11.7 Å². The summed E-state index contributed by atoms with van der Waals surface area (Å²) in [5.74, 6) is 0.937. The van der Waals surface area contributed by atoms with E-state index in [0.29, 0.717) is 11.7 Å². The zero-order valence-electron chi connectivity index (χ0n) is 7.17. The molecular weight excluding hydrogens is 207 g/mol. The van der Waals surface area contributed by atoms with Crippen LogP contribution >= 0.6 is 20.0 Å². The number of thioether (sulfide) groups is 1. The summed E-state index contributed by atoms with van der Waals surface area (Å²) in [6.07, 6.45) is 1.87. The van der Waals surface area contributed by atoms with E-state index in [0.717, 1.165) is 0 Å². The van der Waals surface area contributed by atoms with E-state index in [-0.39, 0.29) is 0 Å². The molecule has 1 unspecified atom stereocenters. The Bertz CT molecular complexity index is 265. The Balaban J connectivity index is 2.37. The van der Waals surface area contributed by atoms with E-state index in [1.54, 1.807) is 12.1 Å². The number of benzene rings is 1. The van der Waals surface area contributed by atoms with Gasteiger partial charge in [-0.2, -0.15) is 0 Å². The van der Waals surface area contributed by atoms with Crippen LogP contribution in [0.1, 0.15) is 0 Å². The number of hydrogen-bond donors (Lipinski definition) is 0. The topological polar surface area (TPSA) is 35.5 Å². The van der Waals surface area contributed by atoms with Crippen molar-refractivity contribution < 1.29 is 13.6 Å². The molecule has 0 aliphatic heterocycles. The molecule has 1 rings (SSSR count). The molecule has 0 aliphatic carbocycles. The number of para-hydroxylation sites is 1. The molecule has 1 atom stereocenters. The fourth-order valence-corrected chi connectivity index (χ4v) is 1.80. The lowest BCUT2D eigenvalue weighted by Gasteiger charge is -1.90. The van der Waals surface area contributed by atoms with E-state index in [4.69, 9.17) is 9.05 Å². The maximum Gasteiger partial charge on any atom is 0.751 e. The highest BCUT2D eigenvalue weighted by atomic mass is 32.2. The minimum Gasteiger partial charge on any atom is -0.229 e. The van der Waals surface area contributed by atoms with Gasteiger partial charge < -0.3 is 0 Å². The Morgan fingerprint density at radius 1 is 1.38 bits per heavy atom.